The van der Waals surface area contributed by atoms with Gasteiger partial charge in [-0.2, -0.15) is 26.3 Å². The summed E-state index contributed by atoms with van der Waals surface area (Å²) in [6.07, 6.45) is -5.15. The summed E-state index contributed by atoms with van der Waals surface area (Å²) in [5.74, 6) is -1.03. The van der Waals surface area contributed by atoms with Gasteiger partial charge in [0, 0.05) is 32.2 Å². The van der Waals surface area contributed by atoms with Crippen LogP contribution in [0.5, 0.6) is 0 Å². The summed E-state index contributed by atoms with van der Waals surface area (Å²) in [6.45, 7) is 15.0. The van der Waals surface area contributed by atoms with Crippen LogP contribution in [-0.4, -0.2) is 12.4 Å². The molecule has 0 bridgehead atoms. The molecule has 2 aromatic heterocycles. The molecule has 2 aliphatic carbocycles. The molecule has 4 rings (SSSR count). The largest absolute Gasteiger partial charge is 0.402 e. The molecule has 37 heavy (non-hydrogen) atoms. The average molecular weight is 566 g/mol. The second kappa shape index (κ2) is 12.0. The Morgan fingerprint density at radius 3 is 1.81 bits per heavy atom. The zero-order chi connectivity index (χ0) is 28.2. The Kier molecular flexibility index (Phi) is 10.2. The quantitative estimate of drug-likeness (QED) is 0.250. The summed E-state index contributed by atoms with van der Waals surface area (Å²) in [6, 6.07) is 5.53. The Hall–Kier alpha value is -1.74. The molecule has 2 aliphatic rings. The van der Waals surface area contributed by atoms with Gasteiger partial charge in [0.1, 0.15) is 0 Å². The average Bonchev–Trinajstić information content (AvgIpc) is 3.70. The fraction of sp³-hybridized carbons (Fsp3) is 0.571. The molecule has 208 valence electrons. The molecule has 2 N–H and O–H groups in total. The van der Waals surface area contributed by atoms with Crippen LogP contribution in [0, 0.1) is 24.7 Å². The van der Waals surface area contributed by atoms with Gasteiger partial charge in [-0.15, -0.1) is 29.3 Å². The summed E-state index contributed by atoms with van der Waals surface area (Å²) in [5, 5.41) is 1.86. The predicted octanol–water partition coefficient (Wildman–Crippen LogP) is 10.4. The lowest BCUT2D eigenvalue weighted by Crippen LogP contribution is -2.31. The maximum absolute atomic E-state index is 13.2. The summed E-state index contributed by atoms with van der Waals surface area (Å²) >= 11 is 2.94. The molecular weight excluding hydrogens is 528 g/mol. The summed E-state index contributed by atoms with van der Waals surface area (Å²) in [7, 11) is 0. The number of nitrogens with two attached hydrogens (primary N) is 1. The highest BCUT2D eigenvalue weighted by atomic mass is 32.1. The number of halogens is 6. The second-order valence-electron chi connectivity index (χ2n) is 9.74. The maximum Gasteiger partial charge on any atom is 0.395 e. The van der Waals surface area contributed by atoms with Crippen LogP contribution in [0.3, 0.4) is 0 Å². The molecule has 9 heteroatoms. The third kappa shape index (κ3) is 7.02. The van der Waals surface area contributed by atoms with Crippen molar-refractivity contribution >= 4 is 22.7 Å². The number of hydrogen-bond donors (Lipinski definition) is 1. The lowest BCUT2D eigenvalue weighted by molar-refractivity contribution is -0.194. The van der Waals surface area contributed by atoms with Gasteiger partial charge in [-0.3, -0.25) is 0 Å². The molecule has 0 aliphatic heterocycles. The van der Waals surface area contributed by atoms with E-state index in [1.165, 1.54) is 22.7 Å². The highest BCUT2D eigenvalue weighted by molar-refractivity contribution is 7.12. The smallest absolute Gasteiger partial charge is 0.395 e. The van der Waals surface area contributed by atoms with Crippen molar-refractivity contribution in [3.63, 3.8) is 0 Å². The minimum Gasteiger partial charge on any atom is -0.402 e. The third-order valence-corrected chi connectivity index (χ3v) is 9.16. The Morgan fingerprint density at radius 2 is 1.49 bits per heavy atom. The number of thiophene rings is 2. The fourth-order valence-corrected chi connectivity index (χ4v) is 6.75. The van der Waals surface area contributed by atoms with E-state index in [1.807, 2.05) is 45.2 Å². The van der Waals surface area contributed by atoms with Gasteiger partial charge in [0.2, 0.25) is 0 Å². The van der Waals surface area contributed by atoms with Gasteiger partial charge in [0.05, 0.1) is 10.8 Å². The Labute approximate surface area is 224 Å². The Bertz CT molecular complexity index is 1040. The maximum atomic E-state index is 13.2. The highest BCUT2D eigenvalue weighted by Gasteiger charge is 2.68. The van der Waals surface area contributed by atoms with E-state index < -0.39 is 35.0 Å². The minimum absolute atomic E-state index is 0.200. The second-order valence-corrected chi connectivity index (χ2v) is 12.2. The lowest BCUT2D eigenvalue weighted by Gasteiger charge is -2.28. The molecule has 2 heterocycles. The van der Waals surface area contributed by atoms with Crippen LogP contribution in [0.25, 0.3) is 0 Å². The van der Waals surface area contributed by atoms with E-state index in [0.29, 0.717) is 12.1 Å². The standard InChI is InChI=1S/C13H16F3NS.C13H15F3S.C2H6/c1-8(17)7-10(11-4-3-9(2)18-11)12(5-6-12)13(14,15)16;1-3-4-11(10-7-9(2)17-8-10)12(5-6-12)13(14,15)16;1-2/h3-4,10H,1,5-7,17H2,2H3;3,7-8,11H,1,4-6H2,2H3;1-2H3. The van der Waals surface area contributed by atoms with Crippen LogP contribution in [-0.2, 0) is 0 Å². The number of hydrogen-bond acceptors (Lipinski definition) is 3. The molecule has 1 nitrogen and oxygen atoms in total. The first-order valence-corrected chi connectivity index (χ1v) is 14.2. The number of aryl methyl sites for hydroxylation is 2. The molecular formula is C28H37F6NS2. The normalized spacial score (nSPS) is 18.9. The van der Waals surface area contributed by atoms with Crippen molar-refractivity contribution in [2.45, 2.75) is 90.4 Å². The number of alkyl halides is 6. The summed E-state index contributed by atoms with van der Waals surface area (Å²) < 4.78 is 79.1. The summed E-state index contributed by atoms with van der Waals surface area (Å²) in [5.41, 5.74) is 3.62. The van der Waals surface area contributed by atoms with Crippen LogP contribution in [0.15, 0.2) is 48.5 Å². The van der Waals surface area contributed by atoms with E-state index in [0.717, 1.165) is 20.2 Å². The van der Waals surface area contributed by atoms with Crippen LogP contribution in [0.1, 0.15) is 84.4 Å². The van der Waals surface area contributed by atoms with E-state index in [-0.39, 0.29) is 32.1 Å². The van der Waals surface area contributed by atoms with E-state index in [4.69, 9.17) is 5.73 Å². The third-order valence-electron chi connectivity index (χ3n) is 7.17. The first kappa shape index (κ1) is 31.5. The van der Waals surface area contributed by atoms with Crippen molar-refractivity contribution in [1.82, 2.24) is 0 Å². The van der Waals surface area contributed by atoms with E-state index in [1.54, 1.807) is 12.1 Å². The molecule has 2 unspecified atom stereocenters. The number of allylic oxidation sites excluding steroid dienone is 2. The zero-order valence-electron chi connectivity index (χ0n) is 21.9. The number of rotatable bonds is 8. The highest BCUT2D eigenvalue weighted by Crippen LogP contribution is 2.67. The van der Waals surface area contributed by atoms with E-state index in [9.17, 15) is 26.3 Å². The van der Waals surface area contributed by atoms with Crippen molar-refractivity contribution in [1.29, 1.82) is 0 Å². The fourth-order valence-electron chi connectivity index (χ4n) is 4.89. The van der Waals surface area contributed by atoms with Crippen LogP contribution >= 0.6 is 22.7 Å². The van der Waals surface area contributed by atoms with Gasteiger partial charge in [-0.1, -0.05) is 26.5 Å². The lowest BCUT2D eigenvalue weighted by atomic mass is 9.81. The van der Waals surface area contributed by atoms with Crippen LogP contribution in [0.4, 0.5) is 26.3 Å². The van der Waals surface area contributed by atoms with Crippen molar-refractivity contribution in [2.24, 2.45) is 16.6 Å². The van der Waals surface area contributed by atoms with E-state index >= 15 is 0 Å². The van der Waals surface area contributed by atoms with E-state index in [2.05, 4.69) is 13.2 Å². The van der Waals surface area contributed by atoms with Crippen LogP contribution in [0.2, 0.25) is 0 Å². The molecule has 0 saturated heterocycles. The Morgan fingerprint density at radius 1 is 0.973 bits per heavy atom. The van der Waals surface area contributed by atoms with Gasteiger partial charge in [0.25, 0.3) is 0 Å². The van der Waals surface area contributed by atoms with Crippen molar-refractivity contribution in [3.8, 4) is 0 Å². The molecule has 0 radical (unpaired) electrons. The molecule has 0 aromatic carbocycles. The van der Waals surface area contributed by atoms with Gasteiger partial charge in [-0.05, 0) is 81.5 Å². The van der Waals surface area contributed by atoms with Gasteiger partial charge >= 0.3 is 12.4 Å². The topological polar surface area (TPSA) is 26.0 Å². The van der Waals surface area contributed by atoms with Crippen LogP contribution < -0.4 is 5.73 Å². The Balaban J connectivity index is 0.000000244. The van der Waals surface area contributed by atoms with Crippen molar-refractivity contribution < 1.29 is 26.3 Å². The summed E-state index contributed by atoms with van der Waals surface area (Å²) in [4.78, 5) is 2.86. The van der Waals surface area contributed by atoms with Gasteiger partial charge in [-0.25, -0.2) is 0 Å². The predicted molar refractivity (Wildman–Crippen MR) is 143 cm³/mol. The molecule has 2 saturated carbocycles. The first-order valence-electron chi connectivity index (χ1n) is 12.5. The first-order chi connectivity index (χ1) is 17.2. The molecule has 0 amide bonds. The van der Waals surface area contributed by atoms with Gasteiger partial charge in [0.15, 0.2) is 0 Å². The molecule has 2 fully saturated rings. The zero-order valence-corrected chi connectivity index (χ0v) is 23.5. The molecule has 2 aromatic rings. The monoisotopic (exact) mass is 565 g/mol. The molecule has 0 spiro atoms. The SMILES string of the molecule is C=C(N)CC(c1ccc(C)s1)C1(C(F)(F)F)CC1.C=CCC(c1csc(C)c1)C1(C(F)(F)F)CC1.CC. The minimum atomic E-state index is -4.16. The molecule has 2 atom stereocenters. The van der Waals surface area contributed by atoms with Gasteiger partial charge < -0.3 is 5.73 Å². The van der Waals surface area contributed by atoms with Crippen molar-refractivity contribution in [2.75, 3.05) is 0 Å². The van der Waals surface area contributed by atoms with Crippen molar-refractivity contribution in [3.05, 3.63) is 68.7 Å².